The van der Waals surface area contributed by atoms with E-state index in [9.17, 15) is 0 Å². The molecule has 0 saturated carbocycles. The van der Waals surface area contributed by atoms with Crippen molar-refractivity contribution in [3.05, 3.63) is 37.0 Å². The molecule has 0 aromatic heterocycles. The largest absolute Gasteiger partial charge is 0.0991 e. The lowest BCUT2D eigenvalue weighted by Gasteiger charge is -1.89. The Morgan fingerprint density at radius 1 is 1.18 bits per heavy atom. The highest BCUT2D eigenvalue weighted by molar-refractivity contribution is 5.20. The monoisotopic (exact) mass is 156 g/mol. The molecule has 0 bridgehead atoms. The molecular formula is C11H24. The summed E-state index contributed by atoms with van der Waals surface area (Å²) in [6.07, 6.45) is 6.63. The maximum atomic E-state index is 3.63. The van der Waals surface area contributed by atoms with Crippen LogP contribution in [-0.4, -0.2) is 0 Å². The van der Waals surface area contributed by atoms with Gasteiger partial charge in [0.15, 0.2) is 0 Å². The zero-order valence-electron chi connectivity index (χ0n) is 5.35. The van der Waals surface area contributed by atoms with E-state index in [1.165, 1.54) is 5.57 Å². The van der Waals surface area contributed by atoms with Crippen LogP contribution < -0.4 is 0 Å². The van der Waals surface area contributed by atoms with Crippen molar-refractivity contribution >= 4 is 0 Å². The summed E-state index contributed by atoms with van der Waals surface area (Å²) in [5, 5.41) is 0. The van der Waals surface area contributed by atoms with E-state index in [0.717, 1.165) is 6.42 Å². The molecule has 0 spiro atoms. The van der Waals surface area contributed by atoms with Crippen LogP contribution in [0.3, 0.4) is 0 Å². The van der Waals surface area contributed by atoms with Crippen molar-refractivity contribution in [1.29, 1.82) is 0 Å². The van der Waals surface area contributed by atoms with E-state index >= 15 is 0 Å². The Morgan fingerprint density at radius 2 is 1.64 bits per heavy atom. The Hall–Kier alpha value is -0.780. The van der Waals surface area contributed by atoms with E-state index in [1.54, 1.807) is 6.08 Å². The second-order valence-electron chi connectivity index (χ2n) is 1.53. The predicted molar refractivity (Wildman–Crippen MR) is 59.0 cm³/mol. The summed E-state index contributed by atoms with van der Waals surface area (Å²) in [7, 11) is 0. The summed E-state index contributed by atoms with van der Waals surface area (Å²) in [6, 6.07) is 0. The van der Waals surface area contributed by atoms with Crippen LogP contribution >= 0.6 is 0 Å². The Labute approximate surface area is 73.3 Å². The smallest absolute Gasteiger partial charge is 0.0308 e. The van der Waals surface area contributed by atoms with Crippen molar-refractivity contribution in [2.45, 2.75) is 35.6 Å². The van der Waals surface area contributed by atoms with Crippen LogP contribution in [0.4, 0.5) is 0 Å². The average Bonchev–Trinajstić information content (AvgIpc) is 1.83. The second-order valence-corrected chi connectivity index (χ2v) is 1.53. The summed E-state index contributed by atoms with van der Waals surface area (Å²) >= 11 is 0. The van der Waals surface area contributed by atoms with E-state index < -0.39 is 0 Å². The molecule has 0 heterocycles. The Bertz CT molecular complexity index is 107. The Balaban J connectivity index is -0.0000000817. The Kier molecular flexibility index (Phi) is 32.9. The van der Waals surface area contributed by atoms with Crippen molar-refractivity contribution in [3.8, 4) is 0 Å². The van der Waals surface area contributed by atoms with Gasteiger partial charge in [-0.3, -0.25) is 0 Å². The highest BCUT2D eigenvalue weighted by Gasteiger charge is 1.79. The van der Waals surface area contributed by atoms with Gasteiger partial charge in [0.05, 0.1) is 0 Å². The van der Waals surface area contributed by atoms with Gasteiger partial charge in [0.2, 0.25) is 0 Å². The molecule has 0 unspecified atom stereocenters. The first-order chi connectivity index (χ1) is 3.85. The third-order valence-electron chi connectivity index (χ3n) is 1.00. The van der Waals surface area contributed by atoms with Gasteiger partial charge in [-0.1, -0.05) is 60.6 Å². The SMILES string of the molecule is C.C.C.C=C/C=C(\C=C)CC. The molecule has 0 heteroatoms. The van der Waals surface area contributed by atoms with Crippen LogP contribution in [0, 0.1) is 0 Å². The van der Waals surface area contributed by atoms with Crippen molar-refractivity contribution in [3.63, 3.8) is 0 Å². The summed E-state index contributed by atoms with van der Waals surface area (Å²) < 4.78 is 0. The van der Waals surface area contributed by atoms with Crippen LogP contribution in [-0.2, 0) is 0 Å². The fourth-order valence-electron chi connectivity index (χ4n) is 0.482. The van der Waals surface area contributed by atoms with Crippen LogP contribution in [0.1, 0.15) is 35.6 Å². The lowest BCUT2D eigenvalue weighted by molar-refractivity contribution is 1.15. The van der Waals surface area contributed by atoms with Gasteiger partial charge in [-0.25, -0.2) is 0 Å². The maximum Gasteiger partial charge on any atom is -0.0308 e. The van der Waals surface area contributed by atoms with E-state index in [4.69, 9.17) is 0 Å². The van der Waals surface area contributed by atoms with Crippen molar-refractivity contribution < 1.29 is 0 Å². The zero-order chi connectivity index (χ0) is 6.41. The summed E-state index contributed by atoms with van der Waals surface area (Å²) in [6.45, 7) is 9.30. The van der Waals surface area contributed by atoms with Crippen LogP contribution in [0.25, 0.3) is 0 Å². The molecule has 0 nitrogen and oxygen atoms in total. The molecule has 0 N–H and O–H groups in total. The molecule has 11 heavy (non-hydrogen) atoms. The molecule has 0 aliphatic rings. The fraction of sp³-hybridized carbons (Fsp3) is 0.455. The third-order valence-corrected chi connectivity index (χ3v) is 1.00. The van der Waals surface area contributed by atoms with E-state index in [2.05, 4.69) is 20.1 Å². The number of hydrogen-bond donors (Lipinski definition) is 0. The highest BCUT2D eigenvalue weighted by atomic mass is 13.8. The Morgan fingerprint density at radius 3 is 1.73 bits per heavy atom. The minimum absolute atomic E-state index is 0. The van der Waals surface area contributed by atoms with Crippen LogP contribution in [0.2, 0.25) is 0 Å². The number of hydrogen-bond acceptors (Lipinski definition) is 0. The number of rotatable bonds is 3. The molecule has 0 atom stereocenters. The quantitative estimate of drug-likeness (QED) is 0.524. The minimum Gasteiger partial charge on any atom is -0.0991 e. The highest BCUT2D eigenvalue weighted by Crippen LogP contribution is 1.99. The molecular weight excluding hydrogens is 132 g/mol. The molecule has 0 aromatic carbocycles. The lowest BCUT2D eigenvalue weighted by atomic mass is 10.2. The van der Waals surface area contributed by atoms with E-state index in [0.29, 0.717) is 0 Å². The molecule has 0 saturated heterocycles. The van der Waals surface area contributed by atoms with Crippen LogP contribution in [0.5, 0.6) is 0 Å². The van der Waals surface area contributed by atoms with Gasteiger partial charge < -0.3 is 0 Å². The second kappa shape index (κ2) is 16.1. The minimum atomic E-state index is 0. The molecule has 0 aromatic rings. The van der Waals surface area contributed by atoms with Crippen molar-refractivity contribution in [1.82, 2.24) is 0 Å². The molecule has 0 radical (unpaired) electrons. The molecule has 0 aliphatic carbocycles. The normalized spacial score (nSPS) is 7.91. The van der Waals surface area contributed by atoms with Gasteiger partial charge in [0.1, 0.15) is 0 Å². The molecule has 0 rings (SSSR count). The molecule has 0 amide bonds. The van der Waals surface area contributed by atoms with Gasteiger partial charge in [-0.05, 0) is 12.0 Å². The first-order valence-corrected chi connectivity index (χ1v) is 2.79. The van der Waals surface area contributed by atoms with Gasteiger partial charge in [-0.15, -0.1) is 0 Å². The van der Waals surface area contributed by atoms with E-state index in [-0.39, 0.29) is 22.3 Å². The molecule has 0 fully saturated rings. The summed E-state index contributed by atoms with van der Waals surface area (Å²) in [5.41, 5.74) is 1.24. The third kappa shape index (κ3) is 12.4. The van der Waals surface area contributed by atoms with Crippen LogP contribution in [0.15, 0.2) is 37.0 Å². The van der Waals surface area contributed by atoms with Gasteiger partial charge in [0, 0.05) is 0 Å². The van der Waals surface area contributed by atoms with Crippen molar-refractivity contribution in [2.75, 3.05) is 0 Å². The van der Waals surface area contributed by atoms with Gasteiger partial charge in [0.25, 0.3) is 0 Å². The average molecular weight is 156 g/mol. The molecule has 68 valence electrons. The number of allylic oxidation sites excluding steroid dienone is 4. The standard InChI is InChI=1S/C8H12.3CH4/c1-4-7-8(5-2)6-3;;;/h4-5,7H,1-2,6H2,3H3;3*1H4/b8-7+;;;. The molecule has 0 aliphatic heterocycles. The van der Waals surface area contributed by atoms with Gasteiger partial charge >= 0.3 is 0 Å². The summed E-state index contributed by atoms with van der Waals surface area (Å²) in [5.74, 6) is 0. The topological polar surface area (TPSA) is 0 Å². The first kappa shape index (κ1) is 22.5. The van der Waals surface area contributed by atoms with Crippen molar-refractivity contribution in [2.24, 2.45) is 0 Å². The first-order valence-electron chi connectivity index (χ1n) is 2.79. The fourth-order valence-corrected chi connectivity index (χ4v) is 0.482. The maximum absolute atomic E-state index is 3.63. The summed E-state index contributed by atoms with van der Waals surface area (Å²) in [4.78, 5) is 0. The lowest BCUT2D eigenvalue weighted by Crippen LogP contribution is -1.68. The van der Waals surface area contributed by atoms with Gasteiger partial charge in [-0.2, -0.15) is 0 Å². The zero-order valence-corrected chi connectivity index (χ0v) is 5.35. The van der Waals surface area contributed by atoms with E-state index in [1.807, 2.05) is 12.2 Å². The predicted octanol–water partition coefficient (Wildman–Crippen LogP) is 4.60.